The molecule has 0 amide bonds. The van der Waals surface area contributed by atoms with Gasteiger partial charge in [0.1, 0.15) is 5.01 Å². The fourth-order valence-corrected chi connectivity index (χ4v) is 2.67. The van der Waals surface area contributed by atoms with Crippen LogP contribution in [0.2, 0.25) is 0 Å². The molecule has 1 aromatic heterocycles. The van der Waals surface area contributed by atoms with E-state index in [1.807, 2.05) is 56.2 Å². The summed E-state index contributed by atoms with van der Waals surface area (Å²) in [4.78, 5) is 13.3. The van der Waals surface area contributed by atoms with Gasteiger partial charge in [0, 0.05) is 39.1 Å². The summed E-state index contributed by atoms with van der Waals surface area (Å²) < 4.78 is 0. The zero-order valence-corrected chi connectivity index (χ0v) is 13.2. The van der Waals surface area contributed by atoms with Crippen LogP contribution in [0.15, 0.2) is 40.7 Å². The van der Waals surface area contributed by atoms with Crippen molar-refractivity contribution in [2.24, 2.45) is 4.99 Å². The molecule has 0 aliphatic rings. The van der Waals surface area contributed by atoms with Crippen LogP contribution >= 0.6 is 11.3 Å². The molecule has 0 spiro atoms. The van der Waals surface area contributed by atoms with Crippen LogP contribution in [0.5, 0.6) is 0 Å². The number of rotatable bonds is 3. The highest BCUT2D eigenvalue weighted by Gasteiger charge is 2.06. The minimum absolute atomic E-state index is 0.614. The van der Waals surface area contributed by atoms with Gasteiger partial charge in [-0.05, 0) is 0 Å². The molecule has 1 aromatic carbocycles. The van der Waals surface area contributed by atoms with Gasteiger partial charge in [0.15, 0.2) is 5.96 Å². The van der Waals surface area contributed by atoms with E-state index in [4.69, 9.17) is 0 Å². The van der Waals surface area contributed by atoms with Gasteiger partial charge in [-0.2, -0.15) is 0 Å². The molecule has 0 saturated heterocycles. The van der Waals surface area contributed by atoms with E-state index in [0.717, 1.165) is 22.2 Å². The van der Waals surface area contributed by atoms with E-state index < -0.39 is 0 Å². The van der Waals surface area contributed by atoms with E-state index in [9.17, 15) is 0 Å². The monoisotopic (exact) mass is 288 g/mol. The van der Waals surface area contributed by atoms with Gasteiger partial charge in [-0.25, -0.2) is 9.98 Å². The predicted octanol–water partition coefficient (Wildman–Crippen LogP) is 2.79. The maximum Gasteiger partial charge on any atom is 0.195 e. The molecule has 2 aromatic rings. The third-order valence-electron chi connectivity index (χ3n) is 2.78. The quantitative estimate of drug-likeness (QED) is 0.643. The molecule has 0 atom stereocenters. The first-order valence-corrected chi connectivity index (χ1v) is 7.35. The molecular weight excluding hydrogens is 268 g/mol. The zero-order valence-electron chi connectivity index (χ0n) is 12.4. The van der Waals surface area contributed by atoms with E-state index in [-0.39, 0.29) is 0 Å². The molecule has 5 heteroatoms. The highest BCUT2D eigenvalue weighted by Crippen LogP contribution is 2.21. The minimum atomic E-state index is 0.614. The van der Waals surface area contributed by atoms with Crippen molar-refractivity contribution in [1.82, 2.24) is 14.8 Å². The van der Waals surface area contributed by atoms with Crippen molar-refractivity contribution >= 4 is 17.3 Å². The Morgan fingerprint density at radius 3 is 2.35 bits per heavy atom. The molecule has 1 heterocycles. The van der Waals surface area contributed by atoms with Crippen LogP contribution in [0.1, 0.15) is 5.01 Å². The van der Waals surface area contributed by atoms with Crippen LogP contribution in [0.4, 0.5) is 0 Å². The Morgan fingerprint density at radius 2 is 1.75 bits per heavy atom. The van der Waals surface area contributed by atoms with Gasteiger partial charge in [-0.1, -0.05) is 30.3 Å². The largest absolute Gasteiger partial charge is 0.349 e. The lowest BCUT2D eigenvalue weighted by atomic mass is 10.2. The first kappa shape index (κ1) is 14.5. The average Bonchev–Trinajstić information content (AvgIpc) is 2.88. The Bertz CT molecular complexity index is 563. The molecule has 0 aliphatic carbocycles. The fraction of sp³-hybridized carbons (Fsp3) is 0.333. The molecule has 0 bridgehead atoms. The van der Waals surface area contributed by atoms with Crippen molar-refractivity contribution in [3.8, 4) is 11.3 Å². The molecule has 0 N–H and O–H groups in total. The second-order valence-corrected chi connectivity index (χ2v) is 5.84. The second kappa shape index (κ2) is 6.52. The Labute approximate surface area is 124 Å². The number of thiazole rings is 1. The summed E-state index contributed by atoms with van der Waals surface area (Å²) in [5.41, 5.74) is 2.18. The summed E-state index contributed by atoms with van der Waals surface area (Å²) in [6.07, 6.45) is 0. The first-order chi connectivity index (χ1) is 9.58. The lowest BCUT2D eigenvalue weighted by Crippen LogP contribution is -2.35. The molecule has 0 radical (unpaired) electrons. The topological polar surface area (TPSA) is 31.7 Å². The summed E-state index contributed by atoms with van der Waals surface area (Å²) in [6, 6.07) is 10.2. The number of benzene rings is 1. The molecule has 0 saturated carbocycles. The van der Waals surface area contributed by atoms with E-state index in [0.29, 0.717) is 6.54 Å². The lowest BCUT2D eigenvalue weighted by molar-refractivity contribution is 0.479. The molecule has 2 rings (SSSR count). The van der Waals surface area contributed by atoms with Gasteiger partial charge in [0.05, 0.1) is 12.2 Å². The fourth-order valence-electron chi connectivity index (χ4n) is 1.95. The van der Waals surface area contributed by atoms with E-state index in [1.165, 1.54) is 0 Å². The van der Waals surface area contributed by atoms with Gasteiger partial charge in [-0.15, -0.1) is 11.3 Å². The number of aliphatic imine (C=N–C) groups is 1. The number of guanidine groups is 1. The maximum absolute atomic E-state index is 4.65. The SMILES string of the molecule is CN(C)C(=NCc1nc(-c2ccccc2)cs1)N(C)C. The van der Waals surface area contributed by atoms with E-state index in [2.05, 4.69) is 27.5 Å². The van der Waals surface area contributed by atoms with Crippen LogP contribution in [-0.2, 0) is 6.54 Å². The lowest BCUT2D eigenvalue weighted by Gasteiger charge is -2.22. The van der Waals surface area contributed by atoms with Crippen molar-refractivity contribution < 1.29 is 0 Å². The Balaban J connectivity index is 2.12. The standard InChI is InChI=1S/C15H20N4S/c1-18(2)15(19(3)4)16-10-14-17-13(11-20-14)12-8-6-5-7-9-12/h5-9,11H,10H2,1-4H3. The molecular formula is C15H20N4S. The molecule has 106 valence electrons. The van der Waals surface area contributed by atoms with Gasteiger partial charge in [0.2, 0.25) is 0 Å². The normalized spacial score (nSPS) is 10.2. The van der Waals surface area contributed by atoms with Crippen LogP contribution in [0.3, 0.4) is 0 Å². The van der Waals surface area contributed by atoms with E-state index in [1.54, 1.807) is 11.3 Å². The Kier molecular flexibility index (Phi) is 4.74. The minimum Gasteiger partial charge on any atom is -0.349 e. The summed E-state index contributed by atoms with van der Waals surface area (Å²) in [5, 5.41) is 3.12. The van der Waals surface area contributed by atoms with Crippen molar-refractivity contribution in [3.63, 3.8) is 0 Å². The highest BCUT2D eigenvalue weighted by atomic mass is 32.1. The number of aromatic nitrogens is 1. The van der Waals surface area contributed by atoms with Crippen molar-refractivity contribution in [3.05, 3.63) is 40.7 Å². The second-order valence-electron chi connectivity index (χ2n) is 4.90. The number of hydrogen-bond acceptors (Lipinski definition) is 3. The Hall–Kier alpha value is -1.88. The third-order valence-corrected chi connectivity index (χ3v) is 3.61. The Morgan fingerprint density at radius 1 is 1.10 bits per heavy atom. The van der Waals surface area contributed by atoms with Gasteiger partial charge in [0.25, 0.3) is 0 Å². The summed E-state index contributed by atoms with van der Waals surface area (Å²) in [6.45, 7) is 0.614. The summed E-state index contributed by atoms with van der Waals surface area (Å²) in [5.74, 6) is 0.946. The van der Waals surface area contributed by atoms with Gasteiger partial charge >= 0.3 is 0 Å². The number of nitrogens with zero attached hydrogens (tertiary/aromatic N) is 4. The zero-order chi connectivity index (χ0) is 14.5. The van der Waals surface area contributed by atoms with Gasteiger partial charge in [-0.3, -0.25) is 0 Å². The molecule has 0 aliphatic heterocycles. The van der Waals surface area contributed by atoms with Crippen LogP contribution < -0.4 is 0 Å². The first-order valence-electron chi connectivity index (χ1n) is 6.47. The third kappa shape index (κ3) is 3.57. The maximum atomic E-state index is 4.65. The average molecular weight is 288 g/mol. The van der Waals surface area contributed by atoms with E-state index >= 15 is 0 Å². The summed E-state index contributed by atoms with van der Waals surface area (Å²) >= 11 is 1.65. The smallest absolute Gasteiger partial charge is 0.195 e. The van der Waals surface area contributed by atoms with Gasteiger partial charge < -0.3 is 9.80 Å². The molecule has 4 nitrogen and oxygen atoms in total. The molecule has 0 fully saturated rings. The molecule has 20 heavy (non-hydrogen) atoms. The van der Waals surface area contributed by atoms with Crippen molar-refractivity contribution in [1.29, 1.82) is 0 Å². The summed E-state index contributed by atoms with van der Waals surface area (Å²) in [7, 11) is 7.98. The predicted molar refractivity (Wildman–Crippen MR) is 86.1 cm³/mol. The number of hydrogen-bond donors (Lipinski definition) is 0. The van der Waals surface area contributed by atoms with Crippen LogP contribution in [0.25, 0.3) is 11.3 Å². The molecule has 0 unspecified atom stereocenters. The highest BCUT2D eigenvalue weighted by molar-refractivity contribution is 7.09. The van der Waals surface area contributed by atoms with Crippen LogP contribution in [0, 0.1) is 0 Å². The van der Waals surface area contributed by atoms with Crippen molar-refractivity contribution in [2.75, 3.05) is 28.2 Å². The van der Waals surface area contributed by atoms with Crippen molar-refractivity contribution in [2.45, 2.75) is 6.54 Å². The van der Waals surface area contributed by atoms with Crippen LogP contribution in [-0.4, -0.2) is 48.9 Å².